The van der Waals surface area contributed by atoms with Gasteiger partial charge in [0.05, 0.1) is 17.8 Å². The van der Waals surface area contributed by atoms with Crippen LogP contribution in [-0.2, 0) is 0 Å². The molecule has 1 unspecified atom stereocenters. The van der Waals surface area contributed by atoms with E-state index >= 15 is 0 Å². The van der Waals surface area contributed by atoms with Crippen molar-refractivity contribution in [3.63, 3.8) is 0 Å². The molecule has 1 aliphatic heterocycles. The van der Waals surface area contributed by atoms with Crippen LogP contribution in [0.4, 0.5) is 11.4 Å². The Bertz CT molecular complexity index is 799. The summed E-state index contributed by atoms with van der Waals surface area (Å²) in [5, 5.41) is 4.44. The Kier molecular flexibility index (Phi) is 4.16. The summed E-state index contributed by atoms with van der Waals surface area (Å²) in [6, 6.07) is 7.91. The Labute approximate surface area is 149 Å². The molecule has 4 heteroatoms. The number of benzene rings is 2. The fraction of sp³-hybridized carbons (Fsp3) is 0.400. The number of para-hydroxylation sites is 1. The molecule has 3 nitrogen and oxygen atoms in total. The maximum absolute atomic E-state index is 6.87. The third-order valence-corrected chi connectivity index (χ3v) is 5.22. The molecule has 0 saturated heterocycles. The number of ether oxygens (including phenoxy) is 1. The van der Waals surface area contributed by atoms with E-state index < -0.39 is 0 Å². The molecule has 0 fully saturated rings. The van der Waals surface area contributed by atoms with E-state index in [4.69, 9.17) is 22.1 Å². The van der Waals surface area contributed by atoms with Gasteiger partial charge in [-0.25, -0.2) is 0 Å². The van der Waals surface area contributed by atoms with Crippen molar-refractivity contribution in [1.29, 1.82) is 0 Å². The largest absolute Gasteiger partial charge is 0.494 e. The van der Waals surface area contributed by atoms with Gasteiger partial charge in [-0.3, -0.25) is 0 Å². The number of hydrogen-bond donors (Lipinski definition) is 2. The molecule has 2 aromatic rings. The first-order valence-electron chi connectivity index (χ1n) is 8.29. The SMILES string of the molecule is COc1c(N)cccc1-c1cc(C)c2c(c1Cl)C(C)CC(C)(C)N2. The zero-order valence-electron chi connectivity index (χ0n) is 15.0. The zero-order valence-corrected chi connectivity index (χ0v) is 15.7. The van der Waals surface area contributed by atoms with Crippen molar-refractivity contribution in [3.8, 4) is 16.9 Å². The van der Waals surface area contributed by atoms with E-state index in [2.05, 4.69) is 39.1 Å². The van der Waals surface area contributed by atoms with Gasteiger partial charge in [0, 0.05) is 22.4 Å². The van der Waals surface area contributed by atoms with Crippen LogP contribution < -0.4 is 15.8 Å². The summed E-state index contributed by atoms with van der Waals surface area (Å²) in [6.07, 6.45) is 1.04. The average molecular weight is 345 g/mol. The lowest BCUT2D eigenvalue weighted by Crippen LogP contribution is -2.37. The van der Waals surface area contributed by atoms with E-state index in [0.29, 0.717) is 17.4 Å². The lowest BCUT2D eigenvalue weighted by atomic mass is 9.79. The lowest BCUT2D eigenvalue weighted by molar-refractivity contribution is 0.418. The Balaban J connectivity index is 2.26. The maximum atomic E-state index is 6.87. The number of anilines is 2. The summed E-state index contributed by atoms with van der Waals surface area (Å²) in [7, 11) is 1.64. The molecule has 1 aliphatic rings. The lowest BCUT2D eigenvalue weighted by Gasteiger charge is -2.39. The predicted octanol–water partition coefficient (Wildman–Crippen LogP) is 5.60. The van der Waals surface area contributed by atoms with Gasteiger partial charge in [0.2, 0.25) is 0 Å². The van der Waals surface area contributed by atoms with Crippen LogP contribution in [0.5, 0.6) is 5.75 Å². The standard InChI is InChI=1S/C20H25ClN2O/c1-11-9-14(13-7-6-8-15(22)19(13)24-5)17(21)16-12(2)10-20(3,4)23-18(11)16/h6-9,12,23H,10,22H2,1-5H3. The maximum Gasteiger partial charge on any atom is 0.149 e. The van der Waals surface area contributed by atoms with Crippen LogP contribution in [-0.4, -0.2) is 12.6 Å². The van der Waals surface area contributed by atoms with Gasteiger partial charge in [0.1, 0.15) is 5.75 Å². The minimum Gasteiger partial charge on any atom is -0.494 e. The third kappa shape index (κ3) is 2.71. The highest BCUT2D eigenvalue weighted by Gasteiger charge is 2.33. The van der Waals surface area contributed by atoms with Gasteiger partial charge < -0.3 is 15.8 Å². The van der Waals surface area contributed by atoms with Gasteiger partial charge in [0.15, 0.2) is 0 Å². The van der Waals surface area contributed by atoms with Crippen LogP contribution in [0.3, 0.4) is 0 Å². The highest BCUT2D eigenvalue weighted by molar-refractivity contribution is 6.35. The summed E-state index contributed by atoms with van der Waals surface area (Å²) in [6.45, 7) is 8.83. The van der Waals surface area contributed by atoms with Crippen molar-refractivity contribution < 1.29 is 4.74 Å². The van der Waals surface area contributed by atoms with Crippen LogP contribution in [0.15, 0.2) is 24.3 Å². The quantitative estimate of drug-likeness (QED) is 0.696. The van der Waals surface area contributed by atoms with Gasteiger partial charge in [-0.1, -0.05) is 30.7 Å². The molecule has 24 heavy (non-hydrogen) atoms. The molecule has 0 aromatic heterocycles. The van der Waals surface area contributed by atoms with Crippen LogP contribution in [0, 0.1) is 6.92 Å². The zero-order chi connectivity index (χ0) is 17.6. The van der Waals surface area contributed by atoms with Gasteiger partial charge in [-0.05, 0) is 56.4 Å². The summed E-state index contributed by atoms with van der Waals surface area (Å²) in [4.78, 5) is 0. The molecule has 3 N–H and O–H groups in total. The first-order valence-corrected chi connectivity index (χ1v) is 8.67. The number of nitrogen functional groups attached to an aromatic ring is 1. The minimum absolute atomic E-state index is 0.0664. The second-order valence-corrected chi connectivity index (χ2v) is 7.76. The normalized spacial score (nSPS) is 18.7. The van der Waals surface area contributed by atoms with E-state index in [0.717, 1.165) is 28.3 Å². The molecule has 3 rings (SSSR count). The predicted molar refractivity (Wildman–Crippen MR) is 103 cm³/mol. The second-order valence-electron chi connectivity index (χ2n) is 7.39. The second kappa shape index (κ2) is 5.89. The highest BCUT2D eigenvalue weighted by atomic mass is 35.5. The molecular formula is C20H25ClN2O. The van der Waals surface area contributed by atoms with E-state index in [1.165, 1.54) is 11.1 Å². The number of nitrogens with one attached hydrogen (secondary N) is 1. The first-order chi connectivity index (χ1) is 11.2. The molecule has 0 aliphatic carbocycles. The smallest absolute Gasteiger partial charge is 0.149 e. The topological polar surface area (TPSA) is 47.3 Å². The van der Waals surface area contributed by atoms with E-state index in [1.807, 2.05) is 18.2 Å². The number of methoxy groups -OCH3 is 1. The number of halogens is 1. The number of fused-ring (bicyclic) bond motifs is 1. The van der Waals surface area contributed by atoms with Crippen molar-refractivity contribution in [2.24, 2.45) is 0 Å². The monoisotopic (exact) mass is 344 g/mol. The number of nitrogens with two attached hydrogens (primary N) is 1. The van der Waals surface area contributed by atoms with Crippen molar-refractivity contribution in [2.75, 3.05) is 18.2 Å². The Hall–Kier alpha value is -1.87. The molecule has 2 aromatic carbocycles. The molecule has 1 heterocycles. The summed E-state index contributed by atoms with van der Waals surface area (Å²) < 4.78 is 5.53. The fourth-order valence-electron chi connectivity index (χ4n) is 3.90. The molecule has 128 valence electrons. The Morgan fingerprint density at radius 2 is 2.00 bits per heavy atom. The Morgan fingerprint density at radius 3 is 2.67 bits per heavy atom. The summed E-state index contributed by atoms with van der Waals surface area (Å²) >= 11 is 6.87. The molecule has 1 atom stereocenters. The van der Waals surface area contributed by atoms with Crippen LogP contribution in [0.25, 0.3) is 11.1 Å². The number of rotatable bonds is 2. The molecule has 0 bridgehead atoms. The molecule has 0 amide bonds. The molecule has 0 spiro atoms. The van der Waals surface area contributed by atoms with Crippen LogP contribution in [0.1, 0.15) is 44.2 Å². The van der Waals surface area contributed by atoms with Gasteiger partial charge in [-0.15, -0.1) is 0 Å². The summed E-state index contributed by atoms with van der Waals surface area (Å²) in [5.41, 5.74) is 12.2. The average Bonchev–Trinajstić information content (AvgIpc) is 2.49. The highest BCUT2D eigenvalue weighted by Crippen LogP contribution is 2.49. The molecule has 0 radical (unpaired) electrons. The van der Waals surface area contributed by atoms with Crippen molar-refractivity contribution >= 4 is 23.0 Å². The molecular weight excluding hydrogens is 320 g/mol. The van der Waals surface area contributed by atoms with Crippen molar-refractivity contribution in [3.05, 3.63) is 40.4 Å². The minimum atomic E-state index is 0.0664. The van der Waals surface area contributed by atoms with Gasteiger partial charge >= 0.3 is 0 Å². The number of hydrogen-bond acceptors (Lipinski definition) is 3. The van der Waals surface area contributed by atoms with E-state index in [-0.39, 0.29) is 5.54 Å². The van der Waals surface area contributed by atoms with Crippen LogP contribution >= 0.6 is 11.6 Å². The van der Waals surface area contributed by atoms with E-state index in [9.17, 15) is 0 Å². The van der Waals surface area contributed by atoms with Gasteiger partial charge in [-0.2, -0.15) is 0 Å². The Morgan fingerprint density at radius 1 is 1.29 bits per heavy atom. The first kappa shape index (κ1) is 17.0. The van der Waals surface area contributed by atoms with E-state index in [1.54, 1.807) is 7.11 Å². The van der Waals surface area contributed by atoms with Crippen molar-refractivity contribution in [1.82, 2.24) is 0 Å². The van der Waals surface area contributed by atoms with Gasteiger partial charge in [0.25, 0.3) is 0 Å². The number of aryl methyl sites for hydroxylation is 1. The fourth-order valence-corrected chi connectivity index (χ4v) is 4.33. The van der Waals surface area contributed by atoms with Crippen molar-refractivity contribution in [2.45, 2.75) is 45.6 Å². The molecule has 0 saturated carbocycles. The van der Waals surface area contributed by atoms with Crippen LogP contribution in [0.2, 0.25) is 5.02 Å². The third-order valence-electron chi connectivity index (χ3n) is 4.81. The summed E-state index contributed by atoms with van der Waals surface area (Å²) in [5.74, 6) is 1.06.